The molecule has 0 spiro atoms. The van der Waals surface area contributed by atoms with Crippen LogP contribution in [0.2, 0.25) is 4.34 Å². The van der Waals surface area contributed by atoms with Crippen LogP contribution in [-0.4, -0.2) is 30.4 Å². The van der Waals surface area contributed by atoms with Crippen molar-refractivity contribution in [3.8, 4) is 0 Å². The molecule has 1 aromatic heterocycles. The predicted octanol–water partition coefficient (Wildman–Crippen LogP) is 3.59. The second-order valence-corrected chi connectivity index (χ2v) is 6.51. The van der Waals surface area contributed by atoms with E-state index in [9.17, 15) is 13.6 Å². The lowest BCUT2D eigenvalue weighted by Gasteiger charge is -2.22. The number of thiophene rings is 1. The number of rotatable bonds is 5. The Morgan fingerprint density at radius 3 is 2.74 bits per heavy atom. The molecule has 0 aromatic carbocycles. The number of hydrogen-bond acceptors (Lipinski definition) is 2. The first-order valence-corrected chi connectivity index (χ1v) is 7.21. The summed E-state index contributed by atoms with van der Waals surface area (Å²) in [7, 11) is 1.58. The van der Waals surface area contributed by atoms with E-state index in [0.717, 1.165) is 17.7 Å². The van der Waals surface area contributed by atoms with Crippen LogP contribution in [0.3, 0.4) is 0 Å². The maximum Gasteiger partial charge on any atom is 0.317 e. The summed E-state index contributed by atoms with van der Waals surface area (Å²) in [5.74, 6) is -0.0754. The van der Waals surface area contributed by atoms with E-state index in [0.29, 0.717) is 10.9 Å². The molecule has 0 saturated heterocycles. The number of urea groups is 1. The van der Waals surface area contributed by atoms with E-state index in [1.807, 2.05) is 6.07 Å². The summed E-state index contributed by atoms with van der Waals surface area (Å²) < 4.78 is 26.2. The zero-order chi connectivity index (χ0) is 14.0. The summed E-state index contributed by atoms with van der Waals surface area (Å²) in [6, 6.07) is 2.07. The van der Waals surface area contributed by atoms with Gasteiger partial charge in [0, 0.05) is 11.9 Å². The molecule has 106 valence electrons. The molecule has 2 amide bonds. The molecule has 0 radical (unpaired) electrons. The molecule has 7 heteroatoms. The quantitative estimate of drug-likeness (QED) is 0.886. The van der Waals surface area contributed by atoms with E-state index in [1.54, 1.807) is 13.1 Å². The minimum Gasteiger partial charge on any atom is -0.329 e. The third kappa shape index (κ3) is 4.04. The Hall–Kier alpha value is -0.880. The van der Waals surface area contributed by atoms with Gasteiger partial charge in [0.25, 0.3) is 6.43 Å². The van der Waals surface area contributed by atoms with Gasteiger partial charge in [0.05, 0.1) is 16.9 Å². The standard InChI is InChI=1S/C12H15ClF2N2OS/c1-17(6-8-4-5-9(13)19-8)12(18)16-10(11(14)15)7-2-3-7/h4-5,7,10-11H,2-3,6H2,1H3,(H,16,18). The minimum absolute atomic E-state index is 0.0754. The lowest BCUT2D eigenvalue weighted by molar-refractivity contribution is 0.0878. The Labute approximate surface area is 119 Å². The highest BCUT2D eigenvalue weighted by atomic mass is 35.5. The molecule has 0 aliphatic heterocycles. The number of alkyl halides is 2. The molecule has 1 atom stereocenters. The molecule has 2 rings (SSSR count). The van der Waals surface area contributed by atoms with Gasteiger partial charge < -0.3 is 10.2 Å². The van der Waals surface area contributed by atoms with Gasteiger partial charge in [-0.25, -0.2) is 13.6 Å². The number of nitrogens with zero attached hydrogens (tertiary/aromatic N) is 1. The van der Waals surface area contributed by atoms with Crippen molar-refractivity contribution in [1.82, 2.24) is 10.2 Å². The summed E-state index contributed by atoms with van der Waals surface area (Å²) in [4.78, 5) is 14.2. The van der Waals surface area contributed by atoms with E-state index in [1.165, 1.54) is 16.2 Å². The zero-order valence-electron chi connectivity index (χ0n) is 10.4. The van der Waals surface area contributed by atoms with Gasteiger partial charge in [-0.05, 0) is 30.9 Å². The fraction of sp³-hybridized carbons (Fsp3) is 0.583. The van der Waals surface area contributed by atoms with Crippen molar-refractivity contribution in [1.29, 1.82) is 0 Å². The summed E-state index contributed by atoms with van der Waals surface area (Å²) >= 11 is 7.17. The number of carbonyl (C=O) groups excluding carboxylic acids is 1. The molecule has 0 bridgehead atoms. The molecule has 1 unspecified atom stereocenters. The fourth-order valence-electron chi connectivity index (χ4n) is 1.84. The third-order valence-electron chi connectivity index (χ3n) is 3.06. The van der Waals surface area contributed by atoms with Crippen molar-refractivity contribution in [2.45, 2.75) is 31.9 Å². The van der Waals surface area contributed by atoms with Crippen molar-refractivity contribution >= 4 is 29.0 Å². The first-order chi connectivity index (χ1) is 8.97. The predicted molar refractivity (Wildman–Crippen MR) is 71.8 cm³/mol. The molecule has 1 aliphatic rings. The van der Waals surface area contributed by atoms with E-state index >= 15 is 0 Å². The Bertz CT molecular complexity index is 449. The normalized spacial score (nSPS) is 16.5. The van der Waals surface area contributed by atoms with Gasteiger partial charge in [-0.15, -0.1) is 11.3 Å². The summed E-state index contributed by atoms with van der Waals surface area (Å²) in [6.07, 6.45) is -0.986. The molecule has 1 aromatic rings. The Kier molecular flexibility index (Phi) is 4.62. The van der Waals surface area contributed by atoms with Gasteiger partial charge >= 0.3 is 6.03 Å². The van der Waals surface area contributed by atoms with E-state index in [-0.39, 0.29) is 5.92 Å². The molecular weight excluding hydrogens is 294 g/mol. The van der Waals surface area contributed by atoms with Gasteiger partial charge in [-0.1, -0.05) is 11.6 Å². The van der Waals surface area contributed by atoms with Crippen LogP contribution in [0, 0.1) is 5.92 Å². The van der Waals surface area contributed by atoms with E-state index < -0.39 is 18.5 Å². The highest BCUT2D eigenvalue weighted by molar-refractivity contribution is 7.16. The average molecular weight is 309 g/mol. The summed E-state index contributed by atoms with van der Waals surface area (Å²) in [6.45, 7) is 0.365. The third-order valence-corrected chi connectivity index (χ3v) is 4.28. The second-order valence-electron chi connectivity index (χ2n) is 4.71. The van der Waals surface area contributed by atoms with Crippen molar-refractivity contribution in [3.05, 3.63) is 21.3 Å². The van der Waals surface area contributed by atoms with Crippen LogP contribution < -0.4 is 5.32 Å². The number of hydrogen-bond donors (Lipinski definition) is 1. The van der Waals surface area contributed by atoms with Crippen LogP contribution in [0.1, 0.15) is 17.7 Å². The van der Waals surface area contributed by atoms with Gasteiger partial charge in [-0.2, -0.15) is 0 Å². The molecule has 19 heavy (non-hydrogen) atoms. The average Bonchev–Trinajstić information content (AvgIpc) is 3.09. The lowest BCUT2D eigenvalue weighted by atomic mass is 10.2. The monoisotopic (exact) mass is 308 g/mol. The van der Waals surface area contributed by atoms with Crippen LogP contribution in [0.15, 0.2) is 12.1 Å². The highest BCUT2D eigenvalue weighted by Gasteiger charge is 2.38. The van der Waals surface area contributed by atoms with Crippen LogP contribution in [0.4, 0.5) is 13.6 Å². The molecule has 1 aliphatic carbocycles. The number of halogens is 3. The summed E-state index contributed by atoms with van der Waals surface area (Å²) in [5.41, 5.74) is 0. The van der Waals surface area contributed by atoms with Crippen molar-refractivity contribution in [3.63, 3.8) is 0 Å². The molecular formula is C12H15ClF2N2OS. The van der Waals surface area contributed by atoms with Crippen molar-refractivity contribution < 1.29 is 13.6 Å². The van der Waals surface area contributed by atoms with E-state index in [4.69, 9.17) is 11.6 Å². The maximum absolute atomic E-state index is 12.8. The first-order valence-electron chi connectivity index (χ1n) is 6.01. The maximum atomic E-state index is 12.8. The lowest BCUT2D eigenvalue weighted by Crippen LogP contribution is -2.47. The number of amides is 2. The minimum atomic E-state index is -2.51. The second kappa shape index (κ2) is 6.05. The highest BCUT2D eigenvalue weighted by Crippen LogP contribution is 2.35. The van der Waals surface area contributed by atoms with Crippen LogP contribution >= 0.6 is 22.9 Å². The molecule has 1 saturated carbocycles. The van der Waals surface area contributed by atoms with E-state index in [2.05, 4.69) is 5.32 Å². The topological polar surface area (TPSA) is 32.3 Å². The van der Waals surface area contributed by atoms with Crippen LogP contribution in [0.25, 0.3) is 0 Å². The molecule has 1 fully saturated rings. The van der Waals surface area contributed by atoms with Crippen LogP contribution in [-0.2, 0) is 6.54 Å². The van der Waals surface area contributed by atoms with Crippen LogP contribution in [0.5, 0.6) is 0 Å². The zero-order valence-corrected chi connectivity index (χ0v) is 12.0. The Morgan fingerprint density at radius 1 is 1.58 bits per heavy atom. The molecule has 1 heterocycles. The first kappa shape index (κ1) is 14.5. The van der Waals surface area contributed by atoms with Gasteiger partial charge in [0.2, 0.25) is 0 Å². The van der Waals surface area contributed by atoms with Gasteiger partial charge in [0.15, 0.2) is 0 Å². The van der Waals surface area contributed by atoms with Gasteiger partial charge in [0.1, 0.15) is 0 Å². The Morgan fingerprint density at radius 2 is 2.26 bits per heavy atom. The Balaban J connectivity index is 1.87. The molecule has 1 N–H and O–H groups in total. The fourth-order valence-corrected chi connectivity index (χ4v) is 2.98. The smallest absolute Gasteiger partial charge is 0.317 e. The number of nitrogens with one attached hydrogen (secondary N) is 1. The van der Waals surface area contributed by atoms with Crippen molar-refractivity contribution in [2.24, 2.45) is 5.92 Å². The SMILES string of the molecule is CN(Cc1ccc(Cl)s1)C(=O)NC(C(F)F)C1CC1. The number of carbonyl (C=O) groups is 1. The van der Waals surface area contributed by atoms with Crippen molar-refractivity contribution in [2.75, 3.05) is 7.05 Å². The van der Waals surface area contributed by atoms with Gasteiger partial charge in [-0.3, -0.25) is 0 Å². The molecule has 3 nitrogen and oxygen atoms in total. The summed E-state index contributed by atoms with van der Waals surface area (Å²) in [5, 5.41) is 2.41. The largest absolute Gasteiger partial charge is 0.329 e.